The molecule has 1 aromatic rings. The van der Waals surface area contributed by atoms with E-state index in [4.69, 9.17) is 10.5 Å². The van der Waals surface area contributed by atoms with Crippen LogP contribution >= 0.6 is 0 Å². The minimum absolute atomic E-state index is 0.112. The summed E-state index contributed by atoms with van der Waals surface area (Å²) >= 11 is 0. The van der Waals surface area contributed by atoms with E-state index < -0.39 is 5.54 Å². The van der Waals surface area contributed by atoms with Crippen molar-refractivity contribution < 1.29 is 9.53 Å². The minimum atomic E-state index is -0.797. The molecule has 0 amide bonds. The minimum Gasteiger partial charge on any atom is -0.468 e. The summed E-state index contributed by atoms with van der Waals surface area (Å²) in [5.74, 6) is -0.196. The van der Waals surface area contributed by atoms with E-state index in [1.165, 1.54) is 23.8 Å². The van der Waals surface area contributed by atoms with Crippen molar-refractivity contribution >= 4 is 5.97 Å². The molecule has 0 bridgehead atoms. The van der Waals surface area contributed by atoms with Gasteiger partial charge in [0, 0.05) is 5.92 Å². The molecule has 0 aromatic heterocycles. The van der Waals surface area contributed by atoms with Gasteiger partial charge in [0.15, 0.2) is 0 Å². The summed E-state index contributed by atoms with van der Waals surface area (Å²) in [5.41, 5.74) is 8.80. The number of hydrogen-bond donors (Lipinski definition) is 1. The summed E-state index contributed by atoms with van der Waals surface area (Å²) < 4.78 is 4.73. The molecule has 3 heteroatoms. The first-order valence-corrected chi connectivity index (χ1v) is 5.43. The first kappa shape index (κ1) is 11.1. The normalized spacial score (nSPS) is 27.6. The third kappa shape index (κ3) is 1.61. The van der Waals surface area contributed by atoms with Gasteiger partial charge in [-0.1, -0.05) is 23.8 Å². The fourth-order valence-corrected chi connectivity index (χ4v) is 2.30. The smallest absolute Gasteiger partial charge is 0.326 e. The molecular weight excluding hydrogens is 202 g/mol. The highest BCUT2D eigenvalue weighted by atomic mass is 16.5. The first-order valence-electron chi connectivity index (χ1n) is 5.43. The van der Waals surface area contributed by atoms with Crippen molar-refractivity contribution in [3.05, 3.63) is 34.9 Å². The maximum atomic E-state index is 11.5. The molecule has 0 aliphatic heterocycles. The lowest BCUT2D eigenvalue weighted by molar-refractivity contribution is -0.143. The van der Waals surface area contributed by atoms with Crippen LogP contribution < -0.4 is 5.73 Å². The second-order valence-corrected chi connectivity index (χ2v) is 4.65. The predicted molar refractivity (Wildman–Crippen MR) is 62.2 cm³/mol. The number of benzene rings is 1. The number of aryl methyl sites for hydroxylation is 2. The third-order valence-electron chi connectivity index (χ3n) is 3.37. The fraction of sp³-hybridized carbons (Fsp3) is 0.462. The molecule has 1 saturated carbocycles. The van der Waals surface area contributed by atoms with Gasteiger partial charge in [0.2, 0.25) is 0 Å². The Hall–Kier alpha value is -1.35. The third-order valence-corrected chi connectivity index (χ3v) is 3.37. The molecular formula is C13H17NO2. The fourth-order valence-electron chi connectivity index (χ4n) is 2.30. The maximum Gasteiger partial charge on any atom is 0.326 e. The molecule has 3 nitrogen and oxygen atoms in total. The van der Waals surface area contributed by atoms with Crippen molar-refractivity contribution in [2.75, 3.05) is 7.11 Å². The molecule has 1 aromatic carbocycles. The summed E-state index contributed by atoms with van der Waals surface area (Å²) in [6.45, 7) is 4.11. The van der Waals surface area contributed by atoms with Crippen LogP contribution in [0.2, 0.25) is 0 Å². The van der Waals surface area contributed by atoms with Crippen molar-refractivity contribution in [1.82, 2.24) is 0 Å². The standard InChI is InChI=1S/C13H17NO2/c1-8-4-5-10(9(2)6-8)11-7-13(11,14)12(15)16-3/h4-6,11H,7,14H2,1-3H3. The van der Waals surface area contributed by atoms with Crippen molar-refractivity contribution in [2.24, 2.45) is 5.73 Å². The Bertz CT molecular complexity index is 442. The lowest BCUT2D eigenvalue weighted by Crippen LogP contribution is -2.36. The van der Waals surface area contributed by atoms with Crippen LogP contribution in [-0.2, 0) is 9.53 Å². The van der Waals surface area contributed by atoms with Crippen molar-refractivity contribution in [2.45, 2.75) is 31.7 Å². The Morgan fingerprint density at radius 3 is 2.75 bits per heavy atom. The zero-order valence-corrected chi connectivity index (χ0v) is 9.91. The second kappa shape index (κ2) is 3.59. The number of carbonyl (C=O) groups is 1. The number of rotatable bonds is 2. The molecule has 0 spiro atoms. The molecule has 0 saturated heterocycles. The van der Waals surface area contributed by atoms with E-state index in [1.807, 2.05) is 0 Å². The highest BCUT2D eigenvalue weighted by molar-refractivity contribution is 5.86. The summed E-state index contributed by atoms with van der Waals surface area (Å²) in [6.07, 6.45) is 0.684. The molecule has 1 aliphatic rings. The summed E-state index contributed by atoms with van der Waals surface area (Å²) in [6, 6.07) is 6.23. The number of hydrogen-bond acceptors (Lipinski definition) is 3. The highest BCUT2D eigenvalue weighted by Gasteiger charge is 2.59. The quantitative estimate of drug-likeness (QED) is 0.770. The average molecular weight is 219 g/mol. The van der Waals surface area contributed by atoms with Crippen LogP contribution in [-0.4, -0.2) is 18.6 Å². The van der Waals surface area contributed by atoms with E-state index in [9.17, 15) is 4.79 Å². The van der Waals surface area contributed by atoms with Crippen molar-refractivity contribution in [3.63, 3.8) is 0 Å². The molecule has 2 unspecified atom stereocenters. The van der Waals surface area contributed by atoms with Gasteiger partial charge in [-0.3, -0.25) is 4.79 Å². The van der Waals surface area contributed by atoms with E-state index in [2.05, 4.69) is 32.0 Å². The molecule has 2 rings (SSSR count). The van der Waals surface area contributed by atoms with Crippen LogP contribution in [0.3, 0.4) is 0 Å². The Labute approximate surface area is 95.6 Å². The van der Waals surface area contributed by atoms with Crippen LogP contribution in [0.4, 0.5) is 0 Å². The van der Waals surface area contributed by atoms with Crippen molar-refractivity contribution in [3.8, 4) is 0 Å². The van der Waals surface area contributed by atoms with Crippen molar-refractivity contribution in [1.29, 1.82) is 0 Å². The molecule has 1 fully saturated rings. The molecule has 1 aliphatic carbocycles. The number of nitrogens with two attached hydrogens (primary N) is 1. The molecule has 2 atom stereocenters. The lowest BCUT2D eigenvalue weighted by Gasteiger charge is -2.11. The zero-order chi connectivity index (χ0) is 11.9. The molecule has 16 heavy (non-hydrogen) atoms. The van der Waals surface area contributed by atoms with Gasteiger partial charge in [-0.15, -0.1) is 0 Å². The van der Waals surface area contributed by atoms with Gasteiger partial charge >= 0.3 is 5.97 Å². The number of methoxy groups -OCH3 is 1. The van der Waals surface area contributed by atoms with Crippen LogP contribution in [0.15, 0.2) is 18.2 Å². The van der Waals surface area contributed by atoms with Gasteiger partial charge in [-0.25, -0.2) is 0 Å². The van der Waals surface area contributed by atoms with E-state index >= 15 is 0 Å². The van der Waals surface area contributed by atoms with Gasteiger partial charge in [-0.2, -0.15) is 0 Å². The van der Waals surface area contributed by atoms with E-state index in [0.717, 1.165) is 0 Å². The van der Waals surface area contributed by atoms with E-state index in [-0.39, 0.29) is 11.9 Å². The summed E-state index contributed by atoms with van der Waals surface area (Å²) in [4.78, 5) is 11.5. The van der Waals surface area contributed by atoms with Gasteiger partial charge < -0.3 is 10.5 Å². The Balaban J connectivity index is 2.26. The van der Waals surface area contributed by atoms with Crippen LogP contribution in [0.1, 0.15) is 29.0 Å². The van der Waals surface area contributed by atoms with Crippen LogP contribution in [0.25, 0.3) is 0 Å². The molecule has 2 N–H and O–H groups in total. The van der Waals surface area contributed by atoms with Gasteiger partial charge in [-0.05, 0) is 31.4 Å². The largest absolute Gasteiger partial charge is 0.468 e. The molecule has 0 radical (unpaired) electrons. The first-order chi connectivity index (χ1) is 7.49. The monoisotopic (exact) mass is 219 g/mol. The average Bonchev–Trinajstić information content (AvgIpc) is 2.91. The van der Waals surface area contributed by atoms with E-state index in [0.29, 0.717) is 6.42 Å². The Morgan fingerprint density at radius 1 is 1.50 bits per heavy atom. The topological polar surface area (TPSA) is 52.3 Å². The Kier molecular flexibility index (Phi) is 2.50. The SMILES string of the molecule is COC(=O)C1(N)CC1c1ccc(C)cc1C. The lowest BCUT2D eigenvalue weighted by atomic mass is 9.99. The van der Waals surface area contributed by atoms with Gasteiger partial charge in [0.1, 0.15) is 5.54 Å². The summed E-state index contributed by atoms with van der Waals surface area (Å²) in [7, 11) is 1.38. The van der Waals surface area contributed by atoms with Crippen LogP contribution in [0, 0.1) is 13.8 Å². The Morgan fingerprint density at radius 2 is 2.19 bits per heavy atom. The number of carbonyl (C=O) groups excluding carboxylic acids is 1. The predicted octanol–water partition coefficient (Wildman–Crippen LogP) is 1.66. The summed E-state index contributed by atoms with van der Waals surface area (Å²) in [5, 5.41) is 0. The maximum absolute atomic E-state index is 11.5. The number of esters is 1. The zero-order valence-electron chi connectivity index (χ0n) is 9.91. The second-order valence-electron chi connectivity index (χ2n) is 4.65. The van der Waals surface area contributed by atoms with E-state index in [1.54, 1.807) is 0 Å². The number of ether oxygens (including phenoxy) is 1. The molecule has 0 heterocycles. The highest BCUT2D eigenvalue weighted by Crippen LogP contribution is 2.51. The van der Waals surface area contributed by atoms with Gasteiger partial charge in [0.05, 0.1) is 7.11 Å². The molecule has 86 valence electrons. The van der Waals surface area contributed by atoms with Gasteiger partial charge in [0.25, 0.3) is 0 Å². The van der Waals surface area contributed by atoms with Crippen LogP contribution in [0.5, 0.6) is 0 Å².